The molecule has 20 heavy (non-hydrogen) atoms. The Labute approximate surface area is 122 Å². The predicted octanol–water partition coefficient (Wildman–Crippen LogP) is 3.08. The number of hydrogen-bond acceptors (Lipinski definition) is 4. The number of nitrogens with one attached hydrogen (secondary N) is 1. The van der Waals surface area contributed by atoms with E-state index in [1.165, 1.54) is 4.88 Å². The molecule has 0 aliphatic rings. The minimum absolute atomic E-state index is 0.240. The second-order valence-corrected chi connectivity index (χ2v) is 5.29. The molecule has 104 valence electrons. The molecule has 0 saturated heterocycles. The molecule has 1 amide bonds. The molecule has 0 aliphatic carbocycles. The third kappa shape index (κ3) is 3.68. The second-order valence-electron chi connectivity index (χ2n) is 4.09. The molecule has 1 aromatic heterocycles. The van der Waals surface area contributed by atoms with Gasteiger partial charge in [0.05, 0.1) is 13.3 Å². The summed E-state index contributed by atoms with van der Waals surface area (Å²) in [5, 5.41) is 3.96. The number of aryl methyl sites for hydroxylation is 1. The number of methoxy groups -OCH3 is 1. The van der Waals surface area contributed by atoms with Crippen molar-refractivity contribution in [2.24, 2.45) is 5.10 Å². The quantitative estimate of drug-likeness (QED) is 0.679. The van der Waals surface area contributed by atoms with Crippen molar-refractivity contribution in [3.8, 4) is 5.75 Å². The molecule has 1 heterocycles. The zero-order valence-electron chi connectivity index (χ0n) is 11.4. The Morgan fingerprint density at radius 2 is 2.05 bits per heavy atom. The smallest absolute Gasteiger partial charge is 0.271 e. The number of hydrazone groups is 1. The van der Waals surface area contributed by atoms with Crippen LogP contribution in [0.5, 0.6) is 5.75 Å². The van der Waals surface area contributed by atoms with Crippen molar-refractivity contribution in [3.05, 3.63) is 51.7 Å². The summed E-state index contributed by atoms with van der Waals surface area (Å²) in [7, 11) is 1.59. The summed E-state index contributed by atoms with van der Waals surface area (Å²) in [6.45, 7) is 2.11. The fourth-order valence-corrected chi connectivity index (χ4v) is 2.44. The van der Waals surface area contributed by atoms with Crippen molar-refractivity contribution < 1.29 is 9.53 Å². The lowest BCUT2D eigenvalue weighted by molar-refractivity contribution is 0.0955. The Kier molecular flexibility index (Phi) is 4.90. The molecule has 2 aromatic rings. The minimum Gasteiger partial charge on any atom is -0.497 e. The molecule has 2 rings (SSSR count). The number of benzene rings is 1. The van der Waals surface area contributed by atoms with Crippen LogP contribution in [0.1, 0.15) is 27.0 Å². The average molecular weight is 288 g/mol. The van der Waals surface area contributed by atoms with Crippen LogP contribution in [0.15, 0.2) is 41.5 Å². The zero-order chi connectivity index (χ0) is 14.4. The molecule has 0 bridgehead atoms. The number of carbonyl (C=O) groups excluding carboxylic acids is 1. The van der Waals surface area contributed by atoms with Gasteiger partial charge < -0.3 is 4.74 Å². The van der Waals surface area contributed by atoms with E-state index in [0.717, 1.165) is 17.0 Å². The van der Waals surface area contributed by atoms with Gasteiger partial charge in [-0.1, -0.05) is 6.92 Å². The Morgan fingerprint density at radius 3 is 2.65 bits per heavy atom. The third-order valence-corrected chi connectivity index (χ3v) is 3.91. The van der Waals surface area contributed by atoms with Gasteiger partial charge in [-0.2, -0.15) is 5.10 Å². The summed E-state index contributed by atoms with van der Waals surface area (Å²) in [5.41, 5.74) is 3.05. The molecule has 1 aromatic carbocycles. The second kappa shape index (κ2) is 6.86. The van der Waals surface area contributed by atoms with Crippen LogP contribution < -0.4 is 10.2 Å². The van der Waals surface area contributed by atoms with E-state index in [0.29, 0.717) is 5.56 Å². The van der Waals surface area contributed by atoms with Crippen LogP contribution in [0.3, 0.4) is 0 Å². The van der Waals surface area contributed by atoms with Crippen LogP contribution >= 0.6 is 11.3 Å². The molecule has 4 nitrogen and oxygen atoms in total. The van der Waals surface area contributed by atoms with Crippen molar-refractivity contribution in [1.29, 1.82) is 0 Å². The van der Waals surface area contributed by atoms with Gasteiger partial charge in [-0.3, -0.25) is 4.79 Å². The molecular weight excluding hydrogens is 272 g/mol. The Hall–Kier alpha value is -2.14. The standard InChI is InChI=1S/C15H16N2O2S/c1-3-13-8-9-14(20-13)10-16-17-15(18)11-4-6-12(19-2)7-5-11/h4-10H,3H2,1-2H3,(H,17,18)/b16-10+. The van der Waals surface area contributed by atoms with Crippen molar-refractivity contribution in [1.82, 2.24) is 5.43 Å². The maximum absolute atomic E-state index is 11.8. The summed E-state index contributed by atoms with van der Waals surface area (Å²) in [6.07, 6.45) is 2.67. The number of carbonyl (C=O) groups is 1. The molecular formula is C15H16N2O2S. The van der Waals surface area contributed by atoms with Crippen LogP contribution in [-0.4, -0.2) is 19.2 Å². The maximum Gasteiger partial charge on any atom is 0.271 e. The van der Waals surface area contributed by atoms with E-state index >= 15 is 0 Å². The minimum atomic E-state index is -0.240. The molecule has 0 spiro atoms. The van der Waals surface area contributed by atoms with E-state index in [9.17, 15) is 4.79 Å². The fourth-order valence-electron chi connectivity index (χ4n) is 1.62. The maximum atomic E-state index is 11.8. The van der Waals surface area contributed by atoms with Gasteiger partial charge in [0.1, 0.15) is 5.75 Å². The SMILES string of the molecule is CCc1ccc(/C=N/NC(=O)c2ccc(OC)cc2)s1. The average Bonchev–Trinajstić information content (AvgIpc) is 2.95. The topological polar surface area (TPSA) is 50.7 Å². The number of rotatable bonds is 5. The van der Waals surface area contributed by atoms with Crippen LogP contribution in [-0.2, 0) is 6.42 Å². The highest BCUT2D eigenvalue weighted by Crippen LogP contribution is 2.14. The van der Waals surface area contributed by atoms with Gasteiger partial charge in [-0.25, -0.2) is 5.43 Å². The third-order valence-electron chi connectivity index (χ3n) is 2.74. The first kappa shape index (κ1) is 14.3. The number of thiophene rings is 1. The van der Waals surface area contributed by atoms with Crippen LogP contribution in [0.2, 0.25) is 0 Å². The molecule has 0 fully saturated rings. The number of ether oxygens (including phenoxy) is 1. The van der Waals surface area contributed by atoms with Gasteiger partial charge in [-0.15, -0.1) is 11.3 Å². The van der Waals surface area contributed by atoms with Crippen LogP contribution in [0.25, 0.3) is 0 Å². The summed E-state index contributed by atoms with van der Waals surface area (Å²) in [6, 6.07) is 10.9. The molecule has 0 saturated carbocycles. The Balaban J connectivity index is 1.93. The fraction of sp³-hybridized carbons (Fsp3) is 0.200. The van der Waals surface area contributed by atoms with Gasteiger partial charge >= 0.3 is 0 Å². The van der Waals surface area contributed by atoms with Gasteiger partial charge in [0.2, 0.25) is 0 Å². The molecule has 0 aliphatic heterocycles. The van der Waals surface area contributed by atoms with Crippen molar-refractivity contribution in [2.75, 3.05) is 7.11 Å². The first-order valence-electron chi connectivity index (χ1n) is 6.29. The molecule has 0 atom stereocenters. The van der Waals surface area contributed by atoms with Crippen molar-refractivity contribution >= 4 is 23.5 Å². The van der Waals surface area contributed by atoms with Crippen molar-refractivity contribution in [2.45, 2.75) is 13.3 Å². The highest BCUT2D eigenvalue weighted by atomic mass is 32.1. The predicted molar refractivity (Wildman–Crippen MR) is 81.8 cm³/mol. The highest BCUT2D eigenvalue weighted by molar-refractivity contribution is 7.13. The largest absolute Gasteiger partial charge is 0.497 e. The Morgan fingerprint density at radius 1 is 1.30 bits per heavy atom. The first-order chi connectivity index (χ1) is 9.72. The van der Waals surface area contributed by atoms with E-state index in [4.69, 9.17) is 4.74 Å². The lowest BCUT2D eigenvalue weighted by Gasteiger charge is -2.01. The summed E-state index contributed by atoms with van der Waals surface area (Å²) >= 11 is 1.67. The molecule has 1 N–H and O–H groups in total. The zero-order valence-corrected chi connectivity index (χ0v) is 12.2. The Bertz CT molecular complexity index is 603. The summed E-state index contributed by atoms with van der Waals surface area (Å²) in [5.74, 6) is 0.479. The molecule has 5 heteroatoms. The van der Waals surface area contributed by atoms with E-state index in [1.54, 1.807) is 48.9 Å². The number of hydrogen-bond donors (Lipinski definition) is 1. The van der Waals surface area contributed by atoms with E-state index < -0.39 is 0 Å². The number of amides is 1. The van der Waals surface area contributed by atoms with Crippen LogP contribution in [0, 0.1) is 0 Å². The number of nitrogens with zero attached hydrogens (tertiary/aromatic N) is 1. The molecule has 0 unspecified atom stereocenters. The monoisotopic (exact) mass is 288 g/mol. The van der Waals surface area contributed by atoms with Gasteiger partial charge in [0.25, 0.3) is 5.91 Å². The highest BCUT2D eigenvalue weighted by Gasteiger charge is 2.03. The molecule has 0 radical (unpaired) electrons. The summed E-state index contributed by atoms with van der Waals surface area (Å²) in [4.78, 5) is 14.2. The van der Waals surface area contributed by atoms with Gasteiger partial charge in [0.15, 0.2) is 0 Å². The normalized spacial score (nSPS) is 10.7. The lowest BCUT2D eigenvalue weighted by atomic mass is 10.2. The lowest BCUT2D eigenvalue weighted by Crippen LogP contribution is -2.17. The van der Waals surface area contributed by atoms with Crippen LogP contribution in [0.4, 0.5) is 0 Å². The first-order valence-corrected chi connectivity index (χ1v) is 7.10. The van der Waals surface area contributed by atoms with E-state index in [1.807, 2.05) is 6.07 Å². The summed E-state index contributed by atoms with van der Waals surface area (Å²) < 4.78 is 5.04. The van der Waals surface area contributed by atoms with Gasteiger partial charge in [-0.05, 0) is 42.8 Å². The van der Waals surface area contributed by atoms with Gasteiger partial charge in [0, 0.05) is 15.3 Å². The van der Waals surface area contributed by atoms with E-state index in [2.05, 4.69) is 23.5 Å². The van der Waals surface area contributed by atoms with E-state index in [-0.39, 0.29) is 5.91 Å². The van der Waals surface area contributed by atoms with Crippen molar-refractivity contribution in [3.63, 3.8) is 0 Å².